The van der Waals surface area contributed by atoms with Crippen LogP contribution in [0.5, 0.6) is 0 Å². The van der Waals surface area contributed by atoms with E-state index in [9.17, 15) is 14.7 Å². The van der Waals surface area contributed by atoms with Crippen LogP contribution >= 0.6 is 0 Å². The fourth-order valence-corrected chi connectivity index (χ4v) is 5.49. The predicted molar refractivity (Wildman–Crippen MR) is 89.8 cm³/mol. The Labute approximate surface area is 139 Å². The van der Waals surface area contributed by atoms with Crippen LogP contribution in [0.15, 0.2) is 11.6 Å². The maximum atomic E-state index is 13.1. The summed E-state index contributed by atoms with van der Waals surface area (Å²) in [7, 11) is 0. The van der Waals surface area contributed by atoms with Crippen molar-refractivity contribution >= 4 is 11.6 Å². The van der Waals surface area contributed by atoms with Crippen molar-refractivity contribution in [2.45, 2.75) is 72.3 Å². The molecule has 0 aromatic carbocycles. The molecule has 3 heteroatoms. The lowest BCUT2D eigenvalue weighted by Crippen LogP contribution is -2.48. The van der Waals surface area contributed by atoms with Gasteiger partial charge in [-0.1, -0.05) is 40.2 Å². The highest BCUT2D eigenvalue weighted by atomic mass is 16.3. The molecule has 0 aromatic heterocycles. The van der Waals surface area contributed by atoms with Gasteiger partial charge in [-0.05, 0) is 42.9 Å². The fraction of sp³-hybridized carbons (Fsp3) is 0.800. The van der Waals surface area contributed by atoms with Gasteiger partial charge in [-0.15, -0.1) is 0 Å². The van der Waals surface area contributed by atoms with Crippen molar-refractivity contribution in [3.05, 3.63) is 11.6 Å². The summed E-state index contributed by atoms with van der Waals surface area (Å²) >= 11 is 0. The van der Waals surface area contributed by atoms with Crippen LogP contribution in [-0.2, 0) is 9.59 Å². The molecule has 3 nitrogen and oxygen atoms in total. The first-order valence-electron chi connectivity index (χ1n) is 9.14. The molecule has 0 amide bonds. The normalized spacial score (nSPS) is 43.8. The summed E-state index contributed by atoms with van der Waals surface area (Å²) in [6, 6.07) is 0. The van der Waals surface area contributed by atoms with Gasteiger partial charge in [0.05, 0.1) is 6.10 Å². The van der Waals surface area contributed by atoms with Gasteiger partial charge < -0.3 is 5.11 Å². The molecule has 23 heavy (non-hydrogen) atoms. The summed E-state index contributed by atoms with van der Waals surface area (Å²) in [5.74, 6) is 0.590. The van der Waals surface area contributed by atoms with Crippen LogP contribution in [0.1, 0.15) is 66.2 Å². The van der Waals surface area contributed by atoms with Crippen molar-refractivity contribution in [3.63, 3.8) is 0 Å². The molecular weight excluding hydrogens is 288 g/mol. The molecule has 1 fully saturated rings. The number of hydrogen-bond acceptors (Lipinski definition) is 3. The minimum atomic E-state index is -0.720. The molecule has 0 radical (unpaired) electrons. The molecular formula is C20H30O3. The number of aliphatic hydroxyl groups excluding tert-OH is 1. The van der Waals surface area contributed by atoms with Gasteiger partial charge in [-0.25, -0.2) is 0 Å². The minimum Gasteiger partial charge on any atom is -0.388 e. The van der Waals surface area contributed by atoms with E-state index >= 15 is 0 Å². The van der Waals surface area contributed by atoms with Gasteiger partial charge in [0.25, 0.3) is 0 Å². The van der Waals surface area contributed by atoms with Crippen LogP contribution in [0, 0.1) is 28.6 Å². The molecule has 3 aliphatic rings. The molecule has 0 unspecified atom stereocenters. The Morgan fingerprint density at radius 3 is 2.57 bits per heavy atom. The summed E-state index contributed by atoms with van der Waals surface area (Å²) in [5.41, 5.74) is 0.281. The Kier molecular flexibility index (Phi) is 4.07. The van der Waals surface area contributed by atoms with Crippen molar-refractivity contribution in [2.24, 2.45) is 28.6 Å². The third kappa shape index (κ3) is 2.61. The van der Waals surface area contributed by atoms with Crippen molar-refractivity contribution in [1.29, 1.82) is 0 Å². The predicted octanol–water partition coefficient (Wildman–Crippen LogP) is 3.69. The van der Waals surface area contributed by atoms with E-state index < -0.39 is 6.10 Å². The molecule has 0 heterocycles. The lowest BCUT2D eigenvalue weighted by atomic mass is 9.53. The topological polar surface area (TPSA) is 54.4 Å². The SMILES string of the molecule is C[C@H]1C(=O)C2=C[C@@H]1CCC(=O)[C@]1(C)CCCC(C)(C)[C@H]1C[C@H]2O. The van der Waals surface area contributed by atoms with E-state index in [0.29, 0.717) is 24.2 Å². The average molecular weight is 318 g/mol. The minimum absolute atomic E-state index is 0.0239. The number of carbonyl (C=O) groups excluding carboxylic acids is 2. The Balaban J connectivity index is 2.01. The summed E-state index contributed by atoms with van der Waals surface area (Å²) in [6.07, 6.45) is 6.15. The summed E-state index contributed by atoms with van der Waals surface area (Å²) < 4.78 is 0. The highest BCUT2D eigenvalue weighted by Crippen LogP contribution is 2.55. The summed E-state index contributed by atoms with van der Waals surface area (Å²) in [5, 5.41) is 10.8. The summed E-state index contributed by atoms with van der Waals surface area (Å²) in [4.78, 5) is 25.6. The van der Waals surface area contributed by atoms with Gasteiger partial charge in [-0.2, -0.15) is 0 Å². The highest BCUT2D eigenvalue weighted by molar-refractivity contribution is 6.00. The van der Waals surface area contributed by atoms with Crippen LogP contribution in [0.25, 0.3) is 0 Å². The Bertz CT molecular complexity index is 559. The van der Waals surface area contributed by atoms with Gasteiger partial charge in [0.1, 0.15) is 5.78 Å². The van der Waals surface area contributed by atoms with E-state index in [0.717, 1.165) is 25.7 Å². The van der Waals surface area contributed by atoms with Crippen molar-refractivity contribution < 1.29 is 14.7 Å². The number of carbonyl (C=O) groups is 2. The number of hydrogen-bond donors (Lipinski definition) is 1. The van der Waals surface area contributed by atoms with Gasteiger partial charge >= 0.3 is 0 Å². The quantitative estimate of drug-likeness (QED) is 0.741. The fourth-order valence-electron chi connectivity index (χ4n) is 5.49. The number of Topliss-reactive ketones (excluding diaryl/α,β-unsaturated/α-hetero) is 2. The second kappa shape index (κ2) is 5.54. The second-order valence-electron chi connectivity index (χ2n) is 8.96. The van der Waals surface area contributed by atoms with Crippen molar-refractivity contribution in [2.75, 3.05) is 0 Å². The first-order valence-corrected chi connectivity index (χ1v) is 9.14. The van der Waals surface area contributed by atoms with Gasteiger partial charge in [0.2, 0.25) is 0 Å². The van der Waals surface area contributed by atoms with Gasteiger partial charge in [0, 0.05) is 23.3 Å². The number of ketones is 2. The van der Waals surface area contributed by atoms with Crippen LogP contribution in [0.4, 0.5) is 0 Å². The Morgan fingerprint density at radius 2 is 1.87 bits per heavy atom. The van der Waals surface area contributed by atoms with Crippen LogP contribution < -0.4 is 0 Å². The molecule has 0 saturated heterocycles. The highest BCUT2D eigenvalue weighted by Gasteiger charge is 2.52. The maximum absolute atomic E-state index is 13.1. The molecule has 1 N–H and O–H groups in total. The monoisotopic (exact) mass is 318 g/mol. The molecule has 3 aliphatic carbocycles. The molecule has 2 bridgehead atoms. The first-order chi connectivity index (χ1) is 10.7. The van der Waals surface area contributed by atoms with Crippen molar-refractivity contribution in [1.82, 2.24) is 0 Å². The smallest absolute Gasteiger partial charge is 0.164 e. The van der Waals surface area contributed by atoms with Crippen LogP contribution in [0.3, 0.4) is 0 Å². The van der Waals surface area contributed by atoms with E-state index in [1.165, 1.54) is 0 Å². The standard InChI is InChI=1S/C20H30O3/c1-12-13-6-7-17(22)20(4)9-5-8-19(2,3)16(20)11-15(21)14(10-13)18(12)23/h10,12-13,15-16,21H,5-9,11H2,1-4H3/t12-,13+,15-,16-,20-/m1/s1. The van der Waals surface area contributed by atoms with E-state index in [4.69, 9.17) is 0 Å². The molecule has 0 aliphatic heterocycles. The van der Waals surface area contributed by atoms with E-state index in [2.05, 4.69) is 20.8 Å². The van der Waals surface area contributed by atoms with Gasteiger partial charge in [-0.3, -0.25) is 9.59 Å². The zero-order chi connectivity index (χ0) is 17.0. The third-order valence-corrected chi connectivity index (χ3v) is 7.12. The summed E-state index contributed by atoms with van der Waals surface area (Å²) in [6.45, 7) is 8.48. The number of rotatable bonds is 0. The molecule has 0 spiro atoms. The Morgan fingerprint density at radius 1 is 1.17 bits per heavy atom. The van der Waals surface area contributed by atoms with E-state index in [1.807, 2.05) is 13.0 Å². The molecule has 5 atom stereocenters. The molecule has 1 saturated carbocycles. The van der Waals surface area contributed by atoms with Crippen LogP contribution in [0.2, 0.25) is 0 Å². The molecule has 3 rings (SSSR count). The van der Waals surface area contributed by atoms with Crippen LogP contribution in [-0.4, -0.2) is 22.8 Å². The number of aliphatic hydroxyl groups is 1. The van der Waals surface area contributed by atoms with Crippen molar-refractivity contribution in [3.8, 4) is 0 Å². The molecule has 0 aromatic rings. The lowest BCUT2D eigenvalue weighted by Gasteiger charge is -2.51. The van der Waals surface area contributed by atoms with E-state index in [-0.39, 0.29) is 34.4 Å². The zero-order valence-corrected chi connectivity index (χ0v) is 14.9. The largest absolute Gasteiger partial charge is 0.388 e. The van der Waals surface area contributed by atoms with Gasteiger partial charge in [0.15, 0.2) is 5.78 Å². The maximum Gasteiger partial charge on any atom is 0.164 e. The number of fused-ring (bicyclic) bond motifs is 2. The van der Waals surface area contributed by atoms with E-state index in [1.54, 1.807) is 0 Å². The molecule has 128 valence electrons. The zero-order valence-electron chi connectivity index (χ0n) is 14.9. The number of allylic oxidation sites excluding steroid dienone is 1. The average Bonchev–Trinajstić information content (AvgIpc) is 2.75. The first kappa shape index (κ1) is 16.9. The third-order valence-electron chi connectivity index (χ3n) is 7.12. The lowest BCUT2D eigenvalue weighted by molar-refractivity contribution is -0.140. The second-order valence-corrected chi connectivity index (χ2v) is 8.96. The Hall–Kier alpha value is -0.960.